The smallest absolute Gasteiger partial charge is 0.306 e. The Morgan fingerprint density at radius 3 is 2.55 bits per heavy atom. The monoisotopic (exact) mass is 671 g/mol. The van der Waals surface area contributed by atoms with Crippen LogP contribution in [-0.4, -0.2) is 89.2 Å². The van der Waals surface area contributed by atoms with Crippen LogP contribution < -0.4 is 5.32 Å². The van der Waals surface area contributed by atoms with Crippen LogP contribution in [0.2, 0.25) is 0 Å². The lowest BCUT2D eigenvalue weighted by molar-refractivity contribution is -0.148. The van der Waals surface area contributed by atoms with Gasteiger partial charge in [-0.05, 0) is 37.3 Å². The summed E-state index contributed by atoms with van der Waals surface area (Å²) < 4.78 is 12.8. The topological polar surface area (TPSA) is 125 Å². The molecule has 0 aliphatic carbocycles. The molecular formula is C33H42BrN3O7. The second-order valence-corrected chi connectivity index (χ2v) is 12.9. The first-order valence-corrected chi connectivity index (χ1v) is 16.5. The van der Waals surface area contributed by atoms with E-state index in [9.17, 15) is 24.3 Å². The predicted octanol–water partition coefficient (Wildman–Crippen LogP) is 3.40. The quantitative estimate of drug-likeness (QED) is 0.234. The van der Waals surface area contributed by atoms with Gasteiger partial charge < -0.3 is 29.7 Å². The summed E-state index contributed by atoms with van der Waals surface area (Å²) in [5, 5.41) is 12.5. The molecule has 6 atom stereocenters. The third-order valence-corrected chi connectivity index (χ3v) is 9.73. The Morgan fingerprint density at radius 1 is 1.02 bits per heavy atom. The maximum atomic E-state index is 14.5. The Balaban J connectivity index is 1.55. The average molecular weight is 673 g/mol. The zero-order valence-electron chi connectivity index (χ0n) is 25.2. The second kappa shape index (κ2) is 14.4. The molecule has 10 nitrogen and oxygen atoms in total. The standard InChI is InChI=1S/C33H42BrN3O7/c1-2-3-9-16-36-17-10-5-8-15-25(39)43-21-24(22-13-6-4-7-14-22)35-30(40)26-27-31(41)37(18-11-12-19-38)29(32(36)42)33(27)20-23(34)28(26)44-33/h4-7,10,13-14,20,24,26-29,38H,2-3,8-9,11-12,15-19,21H2,1H3,(H,35,40)/b10-5-/t24-,26-,27+,28-,29-,33+/m0/s1. The van der Waals surface area contributed by atoms with E-state index < -0.39 is 41.5 Å². The third kappa shape index (κ3) is 6.37. The molecule has 238 valence electrons. The van der Waals surface area contributed by atoms with Crippen molar-refractivity contribution in [2.24, 2.45) is 11.8 Å². The van der Waals surface area contributed by atoms with Crippen molar-refractivity contribution in [1.82, 2.24) is 15.1 Å². The van der Waals surface area contributed by atoms with Gasteiger partial charge in [0.25, 0.3) is 0 Å². The van der Waals surface area contributed by atoms with Gasteiger partial charge >= 0.3 is 5.97 Å². The maximum Gasteiger partial charge on any atom is 0.306 e. The molecule has 0 aromatic heterocycles. The maximum absolute atomic E-state index is 14.5. The summed E-state index contributed by atoms with van der Waals surface area (Å²) in [4.78, 5) is 58.9. The first-order chi connectivity index (χ1) is 21.3. The number of rotatable bonds is 9. The number of carbonyl (C=O) groups excluding carboxylic acids is 4. The molecule has 2 saturated heterocycles. The first-order valence-electron chi connectivity index (χ1n) is 15.7. The summed E-state index contributed by atoms with van der Waals surface area (Å²) in [6.45, 7) is 3.11. The number of benzene rings is 1. The van der Waals surface area contributed by atoms with E-state index in [2.05, 4.69) is 28.2 Å². The number of halogens is 1. The Hall–Kier alpha value is -3.02. The zero-order chi connectivity index (χ0) is 31.3. The van der Waals surface area contributed by atoms with Crippen LogP contribution in [0.25, 0.3) is 0 Å². The van der Waals surface area contributed by atoms with Crippen molar-refractivity contribution in [2.45, 2.75) is 75.7 Å². The van der Waals surface area contributed by atoms with Gasteiger partial charge in [-0.1, -0.05) is 78.2 Å². The number of allylic oxidation sites excluding steroid dienone is 1. The van der Waals surface area contributed by atoms with Crippen LogP contribution in [-0.2, 0) is 28.7 Å². The number of unbranched alkanes of at least 4 members (excludes halogenated alkanes) is 3. The number of fused-ring (bicyclic) bond motifs is 2. The van der Waals surface area contributed by atoms with Crippen molar-refractivity contribution in [2.75, 3.05) is 32.8 Å². The molecule has 4 aliphatic rings. The van der Waals surface area contributed by atoms with Gasteiger partial charge in [-0.15, -0.1) is 0 Å². The average Bonchev–Trinajstić information content (AvgIpc) is 3.61. The van der Waals surface area contributed by atoms with Crippen molar-refractivity contribution in [3.05, 3.63) is 58.6 Å². The number of likely N-dealkylation sites (tertiary alicyclic amines) is 1. The zero-order valence-corrected chi connectivity index (χ0v) is 26.7. The van der Waals surface area contributed by atoms with Gasteiger partial charge in [0.1, 0.15) is 24.4 Å². The number of amides is 3. The summed E-state index contributed by atoms with van der Waals surface area (Å²) >= 11 is 3.60. The van der Waals surface area contributed by atoms with E-state index in [1.807, 2.05) is 48.6 Å². The van der Waals surface area contributed by atoms with Gasteiger partial charge in [-0.25, -0.2) is 0 Å². The minimum atomic E-state index is -1.31. The van der Waals surface area contributed by atoms with Crippen molar-refractivity contribution in [3.8, 4) is 0 Å². The van der Waals surface area contributed by atoms with Gasteiger partial charge in [0.15, 0.2) is 0 Å². The number of esters is 1. The summed E-state index contributed by atoms with van der Waals surface area (Å²) in [5.41, 5.74) is -0.548. The second-order valence-electron chi connectivity index (χ2n) is 11.9. The number of carbonyl (C=O) groups is 4. The lowest BCUT2D eigenvalue weighted by atomic mass is 9.74. The van der Waals surface area contributed by atoms with E-state index in [1.165, 1.54) is 0 Å². The number of nitrogens with one attached hydrogen (secondary N) is 1. The molecule has 4 heterocycles. The van der Waals surface area contributed by atoms with Crippen molar-refractivity contribution >= 4 is 39.6 Å². The SMILES string of the molecule is CCCCCN1C/C=C\CCC(=O)OC[C@@H](c2ccccc2)NC(=O)[C@@H]2[C@H]3O[C@@]4(C=C3Br)[C@H](C1=O)N(CCCCO)C(=O)[C@@H]24. The fraction of sp³-hybridized carbons (Fsp3) is 0.576. The van der Waals surface area contributed by atoms with Crippen LogP contribution in [0.3, 0.4) is 0 Å². The van der Waals surface area contributed by atoms with Gasteiger partial charge in [0.2, 0.25) is 17.7 Å². The molecule has 4 aliphatic heterocycles. The molecular weight excluding hydrogens is 630 g/mol. The molecule has 11 heteroatoms. The Labute approximate surface area is 266 Å². The summed E-state index contributed by atoms with van der Waals surface area (Å²) in [7, 11) is 0. The van der Waals surface area contributed by atoms with Crippen molar-refractivity contribution in [3.63, 3.8) is 0 Å². The van der Waals surface area contributed by atoms with Crippen LogP contribution in [0, 0.1) is 11.8 Å². The molecule has 44 heavy (non-hydrogen) atoms. The highest BCUT2D eigenvalue weighted by atomic mass is 79.9. The number of ether oxygens (including phenoxy) is 2. The third-order valence-electron chi connectivity index (χ3n) is 9.05. The number of cyclic esters (lactones) is 1. The Morgan fingerprint density at radius 2 is 1.80 bits per heavy atom. The Bertz CT molecular complexity index is 1290. The molecule has 2 fully saturated rings. The first kappa shape index (κ1) is 32.4. The normalized spacial score (nSPS) is 31.5. The predicted molar refractivity (Wildman–Crippen MR) is 166 cm³/mol. The fourth-order valence-electron chi connectivity index (χ4n) is 6.89. The minimum Gasteiger partial charge on any atom is -0.463 e. The number of hydrogen-bond donors (Lipinski definition) is 2. The van der Waals surface area contributed by atoms with Crippen LogP contribution in [0.15, 0.2) is 53.0 Å². The highest BCUT2D eigenvalue weighted by Crippen LogP contribution is 2.58. The lowest BCUT2D eigenvalue weighted by Gasteiger charge is -2.36. The molecule has 5 bridgehead atoms. The number of nitrogens with zero attached hydrogens (tertiary/aromatic N) is 2. The largest absolute Gasteiger partial charge is 0.463 e. The lowest BCUT2D eigenvalue weighted by Crippen LogP contribution is -2.56. The summed E-state index contributed by atoms with van der Waals surface area (Å²) in [5.74, 6) is -3.11. The van der Waals surface area contributed by atoms with Crippen LogP contribution >= 0.6 is 15.9 Å². The molecule has 1 aromatic rings. The molecule has 0 unspecified atom stereocenters. The van der Waals surface area contributed by atoms with E-state index in [4.69, 9.17) is 9.47 Å². The summed E-state index contributed by atoms with van der Waals surface area (Å²) in [6, 6.07) is 7.67. The van der Waals surface area contributed by atoms with E-state index in [1.54, 1.807) is 9.80 Å². The highest BCUT2D eigenvalue weighted by Gasteiger charge is 2.74. The molecule has 2 N–H and O–H groups in total. The van der Waals surface area contributed by atoms with Crippen LogP contribution in [0.4, 0.5) is 0 Å². The molecule has 5 rings (SSSR count). The molecule has 1 aromatic carbocycles. The van der Waals surface area contributed by atoms with Gasteiger partial charge in [0, 0.05) is 37.1 Å². The number of hydrogen-bond acceptors (Lipinski definition) is 7. The van der Waals surface area contributed by atoms with E-state index >= 15 is 0 Å². The highest BCUT2D eigenvalue weighted by molar-refractivity contribution is 9.11. The Kier molecular flexibility index (Phi) is 10.6. The van der Waals surface area contributed by atoms with Crippen molar-refractivity contribution in [1.29, 1.82) is 0 Å². The number of aliphatic hydroxyl groups excluding tert-OH is 1. The van der Waals surface area contributed by atoms with Crippen LogP contribution in [0.5, 0.6) is 0 Å². The number of aliphatic hydroxyl groups is 1. The van der Waals surface area contributed by atoms with Crippen molar-refractivity contribution < 1.29 is 33.8 Å². The molecule has 1 spiro atoms. The minimum absolute atomic E-state index is 0.0242. The molecule has 3 amide bonds. The molecule has 0 saturated carbocycles. The van der Waals surface area contributed by atoms with Gasteiger partial charge in [-0.2, -0.15) is 0 Å². The fourth-order valence-corrected chi connectivity index (χ4v) is 7.63. The van der Waals surface area contributed by atoms with E-state index in [-0.39, 0.29) is 44.0 Å². The summed E-state index contributed by atoms with van der Waals surface area (Å²) in [6.07, 6.45) is 9.21. The van der Waals surface area contributed by atoms with E-state index in [0.717, 1.165) is 24.8 Å². The molecule has 0 radical (unpaired) electrons. The van der Waals surface area contributed by atoms with Crippen LogP contribution in [0.1, 0.15) is 63.5 Å². The van der Waals surface area contributed by atoms with Gasteiger partial charge in [0.05, 0.1) is 17.9 Å². The van der Waals surface area contributed by atoms with E-state index in [0.29, 0.717) is 36.8 Å². The van der Waals surface area contributed by atoms with Gasteiger partial charge in [-0.3, -0.25) is 19.2 Å².